The average Bonchev–Trinajstić information content (AvgIpc) is 1.90. The first-order chi connectivity index (χ1) is 4.85. The van der Waals surface area contributed by atoms with Gasteiger partial charge in [0.2, 0.25) is 0 Å². The van der Waals surface area contributed by atoms with E-state index in [0.717, 1.165) is 12.2 Å². The van der Waals surface area contributed by atoms with Gasteiger partial charge < -0.3 is 4.74 Å². The Morgan fingerprint density at radius 1 is 1.50 bits per heavy atom. The summed E-state index contributed by atoms with van der Waals surface area (Å²) in [4.78, 5) is 0. The lowest BCUT2D eigenvalue weighted by molar-refractivity contribution is 0.224. The van der Waals surface area contributed by atoms with Crippen LogP contribution in [0.25, 0.3) is 0 Å². The predicted molar refractivity (Wildman–Crippen MR) is 44.7 cm³/mol. The molecule has 0 unspecified atom stereocenters. The number of allylic oxidation sites excluding steroid dienone is 3. The summed E-state index contributed by atoms with van der Waals surface area (Å²) in [5.74, 6) is 0.924. The molecule has 0 aliphatic carbocycles. The highest BCUT2D eigenvalue weighted by Crippen LogP contribution is 2.03. The fraction of sp³-hybridized carbons (Fsp3) is 0.333. The standard InChI is InChI=1S/C9H14O/c1-4-7-9(8-5-2)10-6-3/h4-5,7H,1-2,6,8H2,3H3/b9-7+. The molecular weight excluding hydrogens is 124 g/mol. The van der Waals surface area contributed by atoms with Gasteiger partial charge in [0.05, 0.1) is 12.4 Å². The first-order valence-corrected chi connectivity index (χ1v) is 3.40. The van der Waals surface area contributed by atoms with Gasteiger partial charge in [-0.05, 0) is 13.0 Å². The lowest BCUT2D eigenvalue weighted by Crippen LogP contribution is -1.88. The Hall–Kier alpha value is -0.980. The zero-order chi connectivity index (χ0) is 7.82. The molecule has 0 radical (unpaired) electrons. The third-order valence-corrected chi connectivity index (χ3v) is 0.979. The van der Waals surface area contributed by atoms with E-state index >= 15 is 0 Å². The molecule has 0 saturated carbocycles. The number of rotatable bonds is 5. The van der Waals surface area contributed by atoms with E-state index in [-0.39, 0.29) is 0 Å². The Kier molecular flexibility index (Phi) is 5.54. The van der Waals surface area contributed by atoms with Gasteiger partial charge in [-0.15, -0.1) is 6.58 Å². The maximum absolute atomic E-state index is 5.24. The van der Waals surface area contributed by atoms with Gasteiger partial charge in [-0.2, -0.15) is 0 Å². The van der Waals surface area contributed by atoms with Crippen LogP contribution in [0, 0.1) is 0 Å². The molecule has 0 aromatic rings. The van der Waals surface area contributed by atoms with Crippen molar-refractivity contribution in [2.75, 3.05) is 6.61 Å². The van der Waals surface area contributed by atoms with Gasteiger partial charge in [0.25, 0.3) is 0 Å². The summed E-state index contributed by atoms with van der Waals surface area (Å²) in [6, 6.07) is 0. The van der Waals surface area contributed by atoms with Crippen LogP contribution in [0.15, 0.2) is 37.1 Å². The highest BCUT2D eigenvalue weighted by atomic mass is 16.5. The fourth-order valence-electron chi connectivity index (χ4n) is 0.634. The molecule has 10 heavy (non-hydrogen) atoms. The summed E-state index contributed by atoms with van der Waals surface area (Å²) in [6.07, 6.45) is 6.16. The molecule has 0 aliphatic rings. The van der Waals surface area contributed by atoms with Gasteiger partial charge in [0, 0.05) is 6.42 Å². The summed E-state index contributed by atoms with van der Waals surface area (Å²) >= 11 is 0. The molecule has 0 heterocycles. The third-order valence-electron chi connectivity index (χ3n) is 0.979. The SMILES string of the molecule is C=C/C=C(\CC=C)OCC. The van der Waals surface area contributed by atoms with E-state index in [2.05, 4.69) is 13.2 Å². The Bertz CT molecular complexity index is 134. The lowest BCUT2D eigenvalue weighted by Gasteiger charge is -2.03. The van der Waals surface area contributed by atoms with Crippen molar-refractivity contribution in [3.63, 3.8) is 0 Å². The first-order valence-electron chi connectivity index (χ1n) is 3.40. The zero-order valence-electron chi connectivity index (χ0n) is 6.47. The van der Waals surface area contributed by atoms with Crippen LogP contribution in [0.1, 0.15) is 13.3 Å². The summed E-state index contributed by atoms with van der Waals surface area (Å²) in [6.45, 7) is 9.84. The van der Waals surface area contributed by atoms with Gasteiger partial charge >= 0.3 is 0 Å². The molecular formula is C9H14O. The van der Waals surface area contributed by atoms with Crippen molar-refractivity contribution in [3.8, 4) is 0 Å². The Morgan fingerprint density at radius 2 is 2.20 bits per heavy atom. The first kappa shape index (κ1) is 9.02. The third kappa shape index (κ3) is 3.96. The van der Waals surface area contributed by atoms with Gasteiger partial charge in [-0.1, -0.05) is 18.7 Å². The smallest absolute Gasteiger partial charge is 0.0996 e. The molecule has 0 aliphatic heterocycles. The van der Waals surface area contributed by atoms with E-state index in [0.29, 0.717) is 6.61 Å². The van der Waals surface area contributed by atoms with E-state index in [9.17, 15) is 0 Å². The summed E-state index contributed by atoms with van der Waals surface area (Å²) in [5.41, 5.74) is 0. The van der Waals surface area contributed by atoms with Crippen LogP contribution in [0.5, 0.6) is 0 Å². The molecule has 1 nitrogen and oxygen atoms in total. The second-order valence-corrected chi connectivity index (χ2v) is 1.79. The van der Waals surface area contributed by atoms with Crippen molar-refractivity contribution in [1.82, 2.24) is 0 Å². The molecule has 0 N–H and O–H groups in total. The normalized spacial score (nSPS) is 10.7. The van der Waals surface area contributed by atoms with Crippen molar-refractivity contribution >= 4 is 0 Å². The summed E-state index contributed by atoms with van der Waals surface area (Å²) in [7, 11) is 0. The van der Waals surface area contributed by atoms with E-state index in [4.69, 9.17) is 4.74 Å². The van der Waals surface area contributed by atoms with Crippen LogP contribution in [0.2, 0.25) is 0 Å². The minimum Gasteiger partial charge on any atom is -0.498 e. The van der Waals surface area contributed by atoms with Gasteiger partial charge in [0.1, 0.15) is 0 Å². The van der Waals surface area contributed by atoms with Crippen molar-refractivity contribution < 1.29 is 4.74 Å². The van der Waals surface area contributed by atoms with Crippen LogP contribution in [0.3, 0.4) is 0 Å². The second-order valence-electron chi connectivity index (χ2n) is 1.79. The van der Waals surface area contributed by atoms with Crippen molar-refractivity contribution in [2.24, 2.45) is 0 Å². The molecule has 0 spiro atoms. The Labute approximate surface area is 62.7 Å². The molecule has 0 aromatic carbocycles. The quantitative estimate of drug-likeness (QED) is 0.322. The molecule has 0 fully saturated rings. The molecule has 0 atom stereocenters. The molecule has 0 bridgehead atoms. The minimum absolute atomic E-state index is 0.702. The van der Waals surface area contributed by atoms with E-state index < -0.39 is 0 Å². The molecule has 56 valence electrons. The molecule has 0 amide bonds. The van der Waals surface area contributed by atoms with Crippen molar-refractivity contribution in [2.45, 2.75) is 13.3 Å². The van der Waals surface area contributed by atoms with Crippen LogP contribution in [-0.4, -0.2) is 6.61 Å². The maximum atomic E-state index is 5.24. The van der Waals surface area contributed by atoms with E-state index in [1.807, 2.05) is 19.1 Å². The molecule has 0 aromatic heterocycles. The van der Waals surface area contributed by atoms with Crippen molar-refractivity contribution in [3.05, 3.63) is 37.1 Å². The predicted octanol–water partition coefficient (Wildman–Crippen LogP) is 2.67. The summed E-state index contributed by atoms with van der Waals surface area (Å²) < 4.78 is 5.24. The highest BCUT2D eigenvalue weighted by molar-refractivity contribution is 5.06. The largest absolute Gasteiger partial charge is 0.498 e. The topological polar surface area (TPSA) is 9.23 Å². The summed E-state index contributed by atoms with van der Waals surface area (Å²) in [5, 5.41) is 0. The number of hydrogen-bond acceptors (Lipinski definition) is 1. The van der Waals surface area contributed by atoms with Gasteiger partial charge in [-0.3, -0.25) is 0 Å². The van der Waals surface area contributed by atoms with Crippen molar-refractivity contribution in [1.29, 1.82) is 0 Å². The van der Waals surface area contributed by atoms with E-state index in [1.54, 1.807) is 6.08 Å². The maximum Gasteiger partial charge on any atom is 0.0996 e. The molecule has 0 rings (SSSR count). The lowest BCUT2D eigenvalue weighted by atomic mass is 10.3. The monoisotopic (exact) mass is 138 g/mol. The molecule has 1 heteroatoms. The second kappa shape index (κ2) is 6.14. The van der Waals surface area contributed by atoms with Gasteiger partial charge in [0.15, 0.2) is 0 Å². The van der Waals surface area contributed by atoms with Crippen LogP contribution < -0.4 is 0 Å². The Morgan fingerprint density at radius 3 is 2.60 bits per heavy atom. The van der Waals surface area contributed by atoms with Crippen LogP contribution in [0.4, 0.5) is 0 Å². The number of ether oxygens (including phenoxy) is 1. The highest BCUT2D eigenvalue weighted by Gasteiger charge is 1.89. The van der Waals surface area contributed by atoms with E-state index in [1.165, 1.54) is 0 Å². The number of hydrogen-bond donors (Lipinski definition) is 0. The van der Waals surface area contributed by atoms with Crippen LogP contribution >= 0.6 is 0 Å². The Balaban J connectivity index is 3.82. The molecule has 0 saturated heterocycles. The zero-order valence-corrected chi connectivity index (χ0v) is 6.47. The minimum atomic E-state index is 0.702. The van der Waals surface area contributed by atoms with Crippen LogP contribution in [-0.2, 0) is 4.74 Å². The average molecular weight is 138 g/mol. The fourth-order valence-corrected chi connectivity index (χ4v) is 0.634. The van der Waals surface area contributed by atoms with Gasteiger partial charge in [-0.25, -0.2) is 0 Å².